The first-order valence-corrected chi connectivity index (χ1v) is 24.0. The van der Waals surface area contributed by atoms with Crippen molar-refractivity contribution in [3.63, 3.8) is 0 Å². The highest BCUT2D eigenvalue weighted by atomic mass is 16.3. The summed E-state index contributed by atoms with van der Waals surface area (Å²) in [6, 6.07) is 83.8. The van der Waals surface area contributed by atoms with Gasteiger partial charge in [-0.1, -0.05) is 158 Å². The van der Waals surface area contributed by atoms with Gasteiger partial charge in [-0.15, -0.1) is 0 Å². The Morgan fingerprint density at radius 1 is 0.310 bits per heavy atom. The molecule has 4 aromatic heterocycles. The van der Waals surface area contributed by atoms with Gasteiger partial charge in [-0.05, 0) is 112 Å². The molecule has 0 aliphatic heterocycles. The van der Waals surface area contributed by atoms with Gasteiger partial charge in [0, 0.05) is 54.7 Å². The molecule has 71 heavy (non-hydrogen) atoms. The molecule has 0 amide bonds. The standard InChI is InChI=1S/C65H39N5O/c1-3-16-40(17-4-1)42-21-15-22-45(36-42)63-66-64(46-31-34-56-53(38-46)49-26-11-13-28-55(49)69(56)47-23-5-2-6-24-47)68-65(67-63)52-33-32-51-50-27-12-14-29-59(50)71-62(51)61(52)70-57-35-30-41-18-9-10-25-48(41)60(57)54-37-43-19-7-8-20-44(43)39-58(54)70/h1-39H. The fourth-order valence-electron chi connectivity index (χ4n) is 11.1. The first kappa shape index (κ1) is 39.4. The van der Waals surface area contributed by atoms with Crippen molar-refractivity contribution in [1.29, 1.82) is 0 Å². The molecule has 0 saturated heterocycles. The summed E-state index contributed by atoms with van der Waals surface area (Å²) in [5.74, 6) is 1.68. The summed E-state index contributed by atoms with van der Waals surface area (Å²) in [6.45, 7) is 0. The zero-order valence-corrected chi connectivity index (χ0v) is 38.2. The van der Waals surface area contributed by atoms with Gasteiger partial charge in [0.05, 0.1) is 22.1 Å². The lowest BCUT2D eigenvalue weighted by atomic mass is 10.0. The molecule has 0 unspecified atom stereocenters. The normalized spacial score (nSPS) is 11.9. The highest BCUT2D eigenvalue weighted by Crippen LogP contribution is 2.45. The molecule has 6 nitrogen and oxygen atoms in total. The summed E-state index contributed by atoms with van der Waals surface area (Å²) in [5, 5.41) is 11.4. The number of benzene rings is 11. The Morgan fingerprint density at radius 3 is 1.76 bits per heavy atom. The summed E-state index contributed by atoms with van der Waals surface area (Å²) in [7, 11) is 0. The number of rotatable bonds is 6. The minimum Gasteiger partial charge on any atom is -0.454 e. The van der Waals surface area contributed by atoms with Crippen LogP contribution < -0.4 is 0 Å². The van der Waals surface area contributed by atoms with Gasteiger partial charge >= 0.3 is 0 Å². The van der Waals surface area contributed by atoms with Crippen molar-refractivity contribution >= 4 is 87.1 Å². The zero-order valence-electron chi connectivity index (χ0n) is 38.2. The number of furan rings is 1. The lowest BCUT2D eigenvalue weighted by Crippen LogP contribution is -2.04. The summed E-state index contributed by atoms with van der Waals surface area (Å²) < 4.78 is 11.8. The topological polar surface area (TPSA) is 61.7 Å². The van der Waals surface area contributed by atoms with E-state index in [1.54, 1.807) is 0 Å². The Kier molecular flexibility index (Phi) is 8.56. The van der Waals surface area contributed by atoms with Crippen molar-refractivity contribution in [2.75, 3.05) is 0 Å². The van der Waals surface area contributed by atoms with Crippen molar-refractivity contribution in [3.8, 4) is 56.7 Å². The highest BCUT2D eigenvalue weighted by Gasteiger charge is 2.26. The molecule has 11 aromatic carbocycles. The maximum atomic E-state index is 7.07. The van der Waals surface area contributed by atoms with E-state index in [1.807, 2.05) is 12.1 Å². The van der Waals surface area contributed by atoms with Gasteiger partial charge in [-0.3, -0.25) is 0 Å². The minimum absolute atomic E-state index is 0.538. The van der Waals surface area contributed by atoms with Gasteiger partial charge in [-0.25, -0.2) is 15.0 Å². The number of hydrogen-bond acceptors (Lipinski definition) is 4. The molecule has 0 N–H and O–H groups in total. The van der Waals surface area contributed by atoms with Crippen LogP contribution in [0.3, 0.4) is 0 Å². The van der Waals surface area contributed by atoms with E-state index in [1.165, 1.54) is 21.5 Å². The van der Waals surface area contributed by atoms with Crippen LogP contribution in [0.5, 0.6) is 0 Å². The molecular formula is C65H39N5O. The van der Waals surface area contributed by atoms with Crippen molar-refractivity contribution in [1.82, 2.24) is 24.1 Å². The predicted octanol–water partition coefficient (Wildman–Crippen LogP) is 16.9. The van der Waals surface area contributed by atoms with Gasteiger partial charge in [0.2, 0.25) is 0 Å². The zero-order chi connectivity index (χ0) is 46.6. The maximum absolute atomic E-state index is 7.07. The average molecular weight is 906 g/mol. The van der Waals surface area contributed by atoms with Gasteiger partial charge < -0.3 is 13.6 Å². The molecule has 0 aliphatic carbocycles. The van der Waals surface area contributed by atoms with Crippen LogP contribution >= 0.6 is 0 Å². The number of fused-ring (bicyclic) bond motifs is 12. The van der Waals surface area contributed by atoms with E-state index in [4.69, 9.17) is 19.4 Å². The molecular weight excluding hydrogens is 867 g/mol. The lowest BCUT2D eigenvalue weighted by Gasteiger charge is -2.16. The first-order valence-electron chi connectivity index (χ1n) is 24.0. The number of hydrogen-bond donors (Lipinski definition) is 0. The third kappa shape index (κ3) is 6.11. The van der Waals surface area contributed by atoms with E-state index in [0.29, 0.717) is 17.5 Å². The van der Waals surface area contributed by atoms with Gasteiger partial charge in [-0.2, -0.15) is 0 Å². The van der Waals surface area contributed by atoms with Crippen LogP contribution in [0.15, 0.2) is 241 Å². The van der Waals surface area contributed by atoms with Crippen LogP contribution in [-0.4, -0.2) is 24.1 Å². The fraction of sp³-hybridized carbons (Fsp3) is 0. The SMILES string of the molecule is c1ccc(-c2cccc(-c3nc(-c4ccc5c(c4)c4ccccc4n5-c4ccccc4)nc(-c4ccc5c(oc6ccccc65)c4-n4c5cc6ccccc6cc5c5c6ccccc6ccc54)n3)c2)cc1. The number of aromatic nitrogens is 5. The Balaban J connectivity index is 1.05. The smallest absolute Gasteiger partial charge is 0.166 e. The molecule has 0 aliphatic rings. The average Bonchev–Trinajstić information content (AvgIpc) is 4.10. The quantitative estimate of drug-likeness (QED) is 0.167. The molecule has 330 valence electrons. The Labute approximate surface area is 407 Å². The monoisotopic (exact) mass is 905 g/mol. The minimum atomic E-state index is 0.538. The van der Waals surface area contributed by atoms with E-state index in [0.717, 1.165) is 105 Å². The Morgan fingerprint density at radius 2 is 0.930 bits per heavy atom. The van der Waals surface area contributed by atoms with E-state index >= 15 is 0 Å². The molecule has 15 rings (SSSR count). The summed E-state index contributed by atoms with van der Waals surface area (Å²) in [6.07, 6.45) is 0. The molecule has 4 heterocycles. The van der Waals surface area contributed by atoms with Gasteiger partial charge in [0.1, 0.15) is 11.3 Å². The van der Waals surface area contributed by atoms with Crippen molar-refractivity contribution < 1.29 is 4.42 Å². The second-order valence-electron chi connectivity index (χ2n) is 18.3. The van der Waals surface area contributed by atoms with Crippen molar-refractivity contribution in [2.24, 2.45) is 0 Å². The summed E-state index contributed by atoms with van der Waals surface area (Å²) in [5.41, 5.74) is 12.7. The summed E-state index contributed by atoms with van der Waals surface area (Å²) >= 11 is 0. The van der Waals surface area contributed by atoms with Gasteiger partial charge in [0.15, 0.2) is 23.1 Å². The molecule has 0 bridgehead atoms. The second kappa shape index (κ2) is 15.4. The van der Waals surface area contributed by atoms with Crippen LogP contribution in [0.1, 0.15) is 0 Å². The summed E-state index contributed by atoms with van der Waals surface area (Å²) in [4.78, 5) is 16.4. The van der Waals surface area contributed by atoms with Crippen LogP contribution in [-0.2, 0) is 0 Å². The van der Waals surface area contributed by atoms with E-state index in [-0.39, 0.29) is 0 Å². The molecule has 6 heteroatoms. The van der Waals surface area contributed by atoms with Crippen LogP contribution in [0, 0.1) is 0 Å². The van der Waals surface area contributed by atoms with E-state index in [9.17, 15) is 0 Å². The molecule has 0 fully saturated rings. The van der Waals surface area contributed by atoms with E-state index < -0.39 is 0 Å². The van der Waals surface area contributed by atoms with Crippen LogP contribution in [0.4, 0.5) is 0 Å². The van der Waals surface area contributed by atoms with Gasteiger partial charge in [0.25, 0.3) is 0 Å². The highest BCUT2D eigenvalue weighted by molar-refractivity contribution is 6.24. The Hall–Kier alpha value is -9.65. The number of nitrogens with zero attached hydrogens (tertiary/aromatic N) is 5. The lowest BCUT2D eigenvalue weighted by molar-refractivity contribution is 0.666. The van der Waals surface area contributed by atoms with Crippen LogP contribution in [0.2, 0.25) is 0 Å². The molecule has 0 radical (unpaired) electrons. The predicted molar refractivity (Wildman–Crippen MR) is 293 cm³/mol. The molecule has 0 atom stereocenters. The first-order chi connectivity index (χ1) is 35.2. The molecule has 0 saturated carbocycles. The molecule has 0 spiro atoms. The van der Waals surface area contributed by atoms with E-state index in [2.05, 4.69) is 234 Å². The fourth-order valence-corrected chi connectivity index (χ4v) is 11.1. The third-order valence-electron chi connectivity index (χ3n) is 14.3. The number of para-hydroxylation sites is 3. The largest absolute Gasteiger partial charge is 0.454 e. The molecule has 15 aromatic rings. The van der Waals surface area contributed by atoms with Crippen LogP contribution in [0.25, 0.3) is 144 Å². The van der Waals surface area contributed by atoms with Crippen molar-refractivity contribution in [2.45, 2.75) is 0 Å². The third-order valence-corrected chi connectivity index (χ3v) is 14.3. The maximum Gasteiger partial charge on any atom is 0.166 e. The van der Waals surface area contributed by atoms with Crippen molar-refractivity contribution in [3.05, 3.63) is 237 Å². The Bertz CT molecular complexity index is 4640. The second-order valence-corrected chi connectivity index (χ2v) is 18.3.